The molecule has 156 valence electrons. The Morgan fingerprint density at radius 3 is 2.32 bits per heavy atom. The second-order valence-electron chi connectivity index (χ2n) is 7.98. The second kappa shape index (κ2) is 8.90. The summed E-state index contributed by atoms with van der Waals surface area (Å²) in [7, 11) is -3.61. The van der Waals surface area contributed by atoms with Crippen LogP contribution in [0.2, 0.25) is 0 Å². The highest BCUT2D eigenvalue weighted by atomic mass is 32.2. The van der Waals surface area contributed by atoms with Gasteiger partial charge in [-0.2, -0.15) is 4.31 Å². The Balaban J connectivity index is 1.75. The summed E-state index contributed by atoms with van der Waals surface area (Å²) in [5.74, 6) is 0.521. The Bertz CT molecular complexity index is 796. The van der Waals surface area contributed by atoms with E-state index in [4.69, 9.17) is 4.74 Å². The van der Waals surface area contributed by atoms with Crippen LogP contribution in [0.3, 0.4) is 0 Å². The van der Waals surface area contributed by atoms with E-state index in [9.17, 15) is 13.2 Å². The lowest BCUT2D eigenvalue weighted by atomic mass is 10.1. The van der Waals surface area contributed by atoms with E-state index in [0.29, 0.717) is 50.9 Å². The number of rotatable bonds is 5. The standard InChI is InChI=1S/C20H31N3O4S/c1-16(2)15-21-6-8-22(9-7-21)20(24)19-14-18(5-4-17(19)3)28(25,26)23-10-12-27-13-11-23/h4-5,14,16H,6-13,15H2,1-3H3. The van der Waals surface area contributed by atoms with Gasteiger partial charge < -0.3 is 9.64 Å². The quantitative estimate of drug-likeness (QED) is 0.736. The van der Waals surface area contributed by atoms with E-state index in [1.54, 1.807) is 18.2 Å². The van der Waals surface area contributed by atoms with Gasteiger partial charge in [0.1, 0.15) is 0 Å². The van der Waals surface area contributed by atoms with Crippen LogP contribution < -0.4 is 0 Å². The first-order valence-electron chi connectivity index (χ1n) is 9.99. The van der Waals surface area contributed by atoms with Gasteiger partial charge in [-0.05, 0) is 30.5 Å². The number of piperazine rings is 1. The molecule has 2 heterocycles. The third kappa shape index (κ3) is 4.74. The molecule has 1 aromatic rings. The molecule has 28 heavy (non-hydrogen) atoms. The van der Waals surface area contributed by atoms with Crippen molar-refractivity contribution >= 4 is 15.9 Å². The van der Waals surface area contributed by atoms with Gasteiger partial charge >= 0.3 is 0 Å². The minimum absolute atomic E-state index is 0.0827. The number of amides is 1. The molecule has 7 nitrogen and oxygen atoms in total. The summed E-state index contributed by atoms with van der Waals surface area (Å²) < 4.78 is 32.6. The number of aryl methyl sites for hydroxylation is 1. The number of sulfonamides is 1. The average molecular weight is 410 g/mol. The third-order valence-corrected chi connectivity index (χ3v) is 7.22. The SMILES string of the molecule is Cc1ccc(S(=O)(=O)N2CCOCC2)cc1C(=O)N1CCN(CC(C)C)CC1. The molecule has 0 saturated carbocycles. The highest BCUT2D eigenvalue weighted by Crippen LogP contribution is 2.22. The molecule has 2 aliphatic rings. The molecule has 0 spiro atoms. The Labute approximate surface area is 168 Å². The number of ether oxygens (including phenoxy) is 1. The van der Waals surface area contributed by atoms with Gasteiger partial charge in [0, 0.05) is 51.4 Å². The van der Waals surface area contributed by atoms with Gasteiger partial charge in [0.15, 0.2) is 0 Å². The van der Waals surface area contributed by atoms with Gasteiger partial charge in [-0.1, -0.05) is 19.9 Å². The first kappa shape index (κ1) is 21.2. The van der Waals surface area contributed by atoms with Crippen molar-refractivity contribution in [1.82, 2.24) is 14.1 Å². The van der Waals surface area contributed by atoms with E-state index in [0.717, 1.165) is 25.2 Å². The molecular formula is C20H31N3O4S. The van der Waals surface area contributed by atoms with Crippen molar-refractivity contribution in [3.63, 3.8) is 0 Å². The molecule has 3 rings (SSSR count). The predicted octanol–water partition coefficient (Wildman–Crippen LogP) is 1.43. The summed E-state index contributed by atoms with van der Waals surface area (Å²) in [5, 5.41) is 0. The minimum atomic E-state index is -3.61. The van der Waals surface area contributed by atoms with Crippen LogP contribution in [0.25, 0.3) is 0 Å². The maximum Gasteiger partial charge on any atom is 0.254 e. The maximum atomic E-state index is 13.1. The zero-order chi connectivity index (χ0) is 20.3. The molecule has 2 saturated heterocycles. The molecule has 0 bridgehead atoms. The number of carbonyl (C=O) groups is 1. The van der Waals surface area contributed by atoms with Crippen molar-refractivity contribution in [2.24, 2.45) is 5.92 Å². The Morgan fingerprint density at radius 1 is 1.07 bits per heavy atom. The van der Waals surface area contributed by atoms with E-state index >= 15 is 0 Å². The van der Waals surface area contributed by atoms with Gasteiger partial charge in [0.05, 0.1) is 18.1 Å². The summed E-state index contributed by atoms with van der Waals surface area (Å²) in [6.07, 6.45) is 0. The lowest BCUT2D eigenvalue weighted by molar-refractivity contribution is 0.0622. The highest BCUT2D eigenvalue weighted by molar-refractivity contribution is 7.89. The lowest BCUT2D eigenvalue weighted by Crippen LogP contribution is -2.49. The number of hydrogen-bond donors (Lipinski definition) is 0. The van der Waals surface area contributed by atoms with Crippen molar-refractivity contribution in [3.8, 4) is 0 Å². The van der Waals surface area contributed by atoms with Gasteiger partial charge in [0.2, 0.25) is 10.0 Å². The Hall–Kier alpha value is -1.48. The van der Waals surface area contributed by atoms with Gasteiger partial charge in [-0.25, -0.2) is 8.42 Å². The molecule has 1 aromatic carbocycles. The Kier molecular flexibility index (Phi) is 6.75. The molecule has 8 heteroatoms. The van der Waals surface area contributed by atoms with Crippen molar-refractivity contribution in [2.45, 2.75) is 25.7 Å². The molecule has 0 radical (unpaired) electrons. The van der Waals surface area contributed by atoms with Crippen molar-refractivity contribution in [2.75, 3.05) is 59.0 Å². The van der Waals surface area contributed by atoms with Crippen LogP contribution >= 0.6 is 0 Å². The fourth-order valence-corrected chi connectivity index (χ4v) is 5.18. The van der Waals surface area contributed by atoms with Crippen LogP contribution in [-0.2, 0) is 14.8 Å². The van der Waals surface area contributed by atoms with Gasteiger partial charge in [-0.3, -0.25) is 9.69 Å². The summed E-state index contributed by atoms with van der Waals surface area (Å²) in [5.41, 5.74) is 1.28. The molecule has 2 fully saturated rings. The zero-order valence-electron chi connectivity index (χ0n) is 17.1. The van der Waals surface area contributed by atoms with Crippen molar-refractivity contribution in [3.05, 3.63) is 29.3 Å². The van der Waals surface area contributed by atoms with Crippen molar-refractivity contribution < 1.29 is 17.9 Å². The smallest absolute Gasteiger partial charge is 0.254 e. The topological polar surface area (TPSA) is 70.2 Å². The molecule has 2 aliphatic heterocycles. The predicted molar refractivity (Wildman–Crippen MR) is 108 cm³/mol. The minimum Gasteiger partial charge on any atom is -0.379 e. The zero-order valence-corrected chi connectivity index (χ0v) is 17.9. The molecule has 0 aliphatic carbocycles. The highest BCUT2D eigenvalue weighted by Gasteiger charge is 2.29. The monoisotopic (exact) mass is 409 g/mol. The number of nitrogens with zero attached hydrogens (tertiary/aromatic N) is 3. The molecular weight excluding hydrogens is 378 g/mol. The first-order chi connectivity index (χ1) is 13.3. The first-order valence-corrected chi connectivity index (χ1v) is 11.4. The third-order valence-electron chi connectivity index (χ3n) is 5.33. The summed E-state index contributed by atoms with van der Waals surface area (Å²) in [6, 6.07) is 4.87. The molecule has 0 unspecified atom stereocenters. The van der Waals surface area contributed by atoms with Crippen LogP contribution in [-0.4, -0.2) is 87.5 Å². The summed E-state index contributed by atoms with van der Waals surface area (Å²) in [6.45, 7) is 11.8. The van der Waals surface area contributed by atoms with Crippen LogP contribution in [0, 0.1) is 12.8 Å². The summed E-state index contributed by atoms with van der Waals surface area (Å²) >= 11 is 0. The fourth-order valence-electron chi connectivity index (χ4n) is 3.75. The largest absolute Gasteiger partial charge is 0.379 e. The number of morpholine rings is 1. The second-order valence-corrected chi connectivity index (χ2v) is 9.92. The molecule has 0 aromatic heterocycles. The van der Waals surface area contributed by atoms with E-state index in [1.165, 1.54) is 4.31 Å². The van der Waals surface area contributed by atoms with E-state index in [-0.39, 0.29) is 10.8 Å². The van der Waals surface area contributed by atoms with Gasteiger partial charge in [0.25, 0.3) is 5.91 Å². The molecule has 0 atom stereocenters. The number of hydrogen-bond acceptors (Lipinski definition) is 5. The van der Waals surface area contributed by atoms with Gasteiger partial charge in [-0.15, -0.1) is 0 Å². The van der Waals surface area contributed by atoms with Crippen LogP contribution in [0.5, 0.6) is 0 Å². The average Bonchev–Trinajstić information content (AvgIpc) is 2.68. The maximum absolute atomic E-state index is 13.1. The lowest BCUT2D eigenvalue weighted by Gasteiger charge is -2.35. The van der Waals surface area contributed by atoms with Crippen LogP contribution in [0.1, 0.15) is 29.8 Å². The summed E-state index contributed by atoms with van der Waals surface area (Å²) in [4.78, 5) is 17.5. The van der Waals surface area contributed by atoms with E-state index < -0.39 is 10.0 Å². The normalized spacial score (nSPS) is 19.9. The van der Waals surface area contributed by atoms with Crippen molar-refractivity contribution in [1.29, 1.82) is 0 Å². The molecule has 1 amide bonds. The van der Waals surface area contributed by atoms with Crippen LogP contribution in [0.15, 0.2) is 23.1 Å². The molecule has 0 N–H and O–H groups in total. The fraction of sp³-hybridized carbons (Fsp3) is 0.650. The number of carbonyl (C=O) groups excluding carboxylic acids is 1. The van der Waals surface area contributed by atoms with Crippen LogP contribution in [0.4, 0.5) is 0 Å². The van der Waals surface area contributed by atoms with E-state index in [1.807, 2.05) is 11.8 Å². The van der Waals surface area contributed by atoms with E-state index in [2.05, 4.69) is 18.7 Å². The number of benzene rings is 1. The Morgan fingerprint density at radius 2 is 1.71 bits per heavy atom.